The maximum absolute atomic E-state index is 5.71. The number of anilines is 1. The van der Waals surface area contributed by atoms with Gasteiger partial charge in [0.25, 0.3) is 0 Å². The van der Waals surface area contributed by atoms with Crippen LogP contribution in [0.3, 0.4) is 0 Å². The van der Waals surface area contributed by atoms with Crippen molar-refractivity contribution in [2.75, 3.05) is 5.73 Å². The van der Waals surface area contributed by atoms with E-state index < -0.39 is 0 Å². The van der Waals surface area contributed by atoms with Crippen LogP contribution < -0.4 is 5.73 Å². The van der Waals surface area contributed by atoms with Crippen molar-refractivity contribution in [1.29, 1.82) is 0 Å². The molecule has 0 aliphatic heterocycles. The fraction of sp³-hybridized carbons (Fsp3) is 0.200. The number of fused-ring (bicyclic) bond motifs is 1. The van der Waals surface area contributed by atoms with Crippen molar-refractivity contribution in [2.45, 2.75) is 13.8 Å². The number of hydrogen-bond acceptors (Lipinski definition) is 6. The number of nitrogens with zero attached hydrogens (tertiary/aromatic N) is 5. The van der Waals surface area contributed by atoms with E-state index in [0.717, 1.165) is 15.8 Å². The minimum Gasteiger partial charge on any atom is -0.368 e. The van der Waals surface area contributed by atoms with Crippen molar-refractivity contribution < 1.29 is 0 Å². The molecule has 0 radical (unpaired) electrons. The summed E-state index contributed by atoms with van der Waals surface area (Å²) in [7, 11) is 0. The average Bonchev–Trinajstić information content (AvgIpc) is 2.88. The summed E-state index contributed by atoms with van der Waals surface area (Å²) in [4.78, 5) is 14.5. The fourth-order valence-electron chi connectivity index (χ4n) is 1.73. The van der Waals surface area contributed by atoms with Crippen LogP contribution in [0.25, 0.3) is 16.0 Å². The normalized spacial score (nSPS) is 11.2. The molecule has 0 atom stereocenters. The molecule has 6 nitrogen and oxygen atoms in total. The Labute approximate surface area is 101 Å². The highest BCUT2D eigenvalue weighted by molar-refractivity contribution is 7.18. The van der Waals surface area contributed by atoms with E-state index in [0.29, 0.717) is 5.82 Å². The summed E-state index contributed by atoms with van der Waals surface area (Å²) in [5.41, 5.74) is 6.88. The van der Waals surface area contributed by atoms with Crippen molar-refractivity contribution >= 4 is 27.5 Å². The van der Waals surface area contributed by atoms with Gasteiger partial charge in [-0.05, 0) is 19.4 Å². The van der Waals surface area contributed by atoms with E-state index in [4.69, 9.17) is 5.73 Å². The molecular weight excluding hydrogens is 236 g/mol. The Morgan fingerprint density at radius 2 is 2.12 bits per heavy atom. The molecule has 0 bridgehead atoms. The second-order valence-corrected chi connectivity index (χ2v) is 4.91. The minimum absolute atomic E-state index is 0.254. The smallest absolute Gasteiger partial charge is 0.223 e. The number of hydrogen-bond donors (Lipinski definition) is 1. The summed E-state index contributed by atoms with van der Waals surface area (Å²) in [5, 5.41) is 5.09. The molecule has 86 valence electrons. The van der Waals surface area contributed by atoms with Crippen LogP contribution >= 0.6 is 11.3 Å². The van der Waals surface area contributed by atoms with Gasteiger partial charge in [-0.25, -0.2) is 14.6 Å². The number of aryl methyl sites for hydroxylation is 2. The second kappa shape index (κ2) is 3.49. The molecule has 0 saturated carbocycles. The van der Waals surface area contributed by atoms with Crippen LogP contribution in [0.1, 0.15) is 10.4 Å². The molecule has 17 heavy (non-hydrogen) atoms. The fourth-order valence-corrected chi connectivity index (χ4v) is 2.76. The van der Waals surface area contributed by atoms with E-state index in [1.807, 2.05) is 6.92 Å². The molecule has 3 aromatic heterocycles. The Bertz CT molecular complexity index is 684. The Morgan fingerprint density at radius 1 is 1.29 bits per heavy atom. The Hall–Kier alpha value is -2.02. The summed E-state index contributed by atoms with van der Waals surface area (Å²) < 4.78 is 1.61. The molecule has 0 aliphatic carbocycles. The maximum atomic E-state index is 5.71. The van der Waals surface area contributed by atoms with E-state index in [9.17, 15) is 0 Å². The zero-order chi connectivity index (χ0) is 12.0. The third kappa shape index (κ3) is 1.47. The van der Waals surface area contributed by atoms with E-state index in [2.05, 4.69) is 27.0 Å². The summed E-state index contributed by atoms with van der Waals surface area (Å²) in [6, 6.07) is 0. The molecule has 0 fully saturated rings. The first-order valence-corrected chi connectivity index (χ1v) is 5.86. The summed E-state index contributed by atoms with van der Waals surface area (Å²) in [5.74, 6) is 0.941. The lowest BCUT2D eigenvalue weighted by atomic mass is 10.2. The molecule has 0 aliphatic rings. The van der Waals surface area contributed by atoms with Crippen LogP contribution in [0.2, 0.25) is 0 Å². The molecule has 3 rings (SSSR count). The molecule has 0 spiro atoms. The number of nitrogens with two attached hydrogens (primary N) is 1. The summed E-state index contributed by atoms with van der Waals surface area (Å²) in [6.45, 7) is 4.11. The molecule has 3 aromatic rings. The van der Waals surface area contributed by atoms with Crippen molar-refractivity contribution in [2.24, 2.45) is 0 Å². The molecule has 3 heterocycles. The van der Waals surface area contributed by atoms with Crippen LogP contribution in [0.15, 0.2) is 12.7 Å². The second-order valence-electron chi connectivity index (χ2n) is 3.71. The third-order valence-electron chi connectivity index (χ3n) is 2.66. The van der Waals surface area contributed by atoms with Gasteiger partial charge in [0.15, 0.2) is 5.82 Å². The first-order chi connectivity index (χ1) is 8.16. The average molecular weight is 246 g/mol. The van der Waals surface area contributed by atoms with Crippen LogP contribution in [0.5, 0.6) is 0 Å². The monoisotopic (exact) mass is 246 g/mol. The van der Waals surface area contributed by atoms with E-state index in [1.54, 1.807) is 22.3 Å². The Balaban J connectivity index is 2.44. The SMILES string of the molecule is Cc1sc2nc(N)nc(-n3cncn3)c2c1C. The molecule has 2 N–H and O–H groups in total. The number of thiophene rings is 1. The molecular formula is C10H10N6S. The summed E-state index contributed by atoms with van der Waals surface area (Å²) >= 11 is 1.61. The molecule has 0 unspecified atom stereocenters. The van der Waals surface area contributed by atoms with Gasteiger partial charge in [0.1, 0.15) is 17.5 Å². The Morgan fingerprint density at radius 3 is 2.82 bits per heavy atom. The number of nitrogen functional groups attached to an aromatic ring is 1. The predicted molar refractivity (Wildman–Crippen MR) is 66.2 cm³/mol. The summed E-state index contributed by atoms with van der Waals surface area (Å²) in [6.07, 6.45) is 3.08. The van der Waals surface area contributed by atoms with Crippen molar-refractivity contribution in [3.05, 3.63) is 23.1 Å². The zero-order valence-corrected chi connectivity index (χ0v) is 10.2. The van der Waals surface area contributed by atoms with Gasteiger partial charge >= 0.3 is 0 Å². The van der Waals surface area contributed by atoms with Crippen molar-refractivity contribution in [3.63, 3.8) is 0 Å². The molecule has 0 aromatic carbocycles. The van der Waals surface area contributed by atoms with Gasteiger partial charge in [0, 0.05) is 4.88 Å². The van der Waals surface area contributed by atoms with Crippen LogP contribution in [0, 0.1) is 13.8 Å². The van der Waals surface area contributed by atoms with Gasteiger partial charge in [0.2, 0.25) is 5.95 Å². The van der Waals surface area contributed by atoms with Crippen molar-refractivity contribution in [3.8, 4) is 5.82 Å². The first kappa shape index (κ1) is 10.2. The molecule has 7 heteroatoms. The molecule has 0 amide bonds. The van der Waals surface area contributed by atoms with Gasteiger partial charge in [-0.3, -0.25) is 0 Å². The lowest BCUT2D eigenvalue weighted by Gasteiger charge is -2.03. The van der Waals surface area contributed by atoms with Gasteiger partial charge in [0.05, 0.1) is 5.39 Å². The lowest BCUT2D eigenvalue weighted by Crippen LogP contribution is -2.04. The highest BCUT2D eigenvalue weighted by Crippen LogP contribution is 2.32. The minimum atomic E-state index is 0.254. The van der Waals surface area contributed by atoms with Gasteiger partial charge in [-0.1, -0.05) is 0 Å². The van der Waals surface area contributed by atoms with Gasteiger partial charge in [-0.2, -0.15) is 10.1 Å². The first-order valence-electron chi connectivity index (χ1n) is 5.05. The quantitative estimate of drug-likeness (QED) is 0.703. The predicted octanol–water partition coefficient (Wildman–Crippen LogP) is 1.47. The standard InChI is InChI=1S/C10H10N6S/c1-5-6(2)17-9-7(5)8(14-10(11)15-9)16-4-12-3-13-16/h3-4H,1-2H3,(H2,11,14,15). The topological polar surface area (TPSA) is 82.5 Å². The maximum Gasteiger partial charge on any atom is 0.223 e. The molecule has 0 saturated heterocycles. The van der Waals surface area contributed by atoms with Gasteiger partial charge in [-0.15, -0.1) is 11.3 Å². The largest absolute Gasteiger partial charge is 0.368 e. The highest BCUT2D eigenvalue weighted by atomic mass is 32.1. The third-order valence-corrected chi connectivity index (χ3v) is 3.76. The van der Waals surface area contributed by atoms with E-state index >= 15 is 0 Å². The zero-order valence-electron chi connectivity index (χ0n) is 9.38. The van der Waals surface area contributed by atoms with E-state index in [-0.39, 0.29) is 5.95 Å². The van der Waals surface area contributed by atoms with Crippen LogP contribution in [-0.2, 0) is 0 Å². The number of rotatable bonds is 1. The van der Waals surface area contributed by atoms with Gasteiger partial charge < -0.3 is 5.73 Å². The highest BCUT2D eigenvalue weighted by Gasteiger charge is 2.15. The number of aromatic nitrogens is 5. The van der Waals surface area contributed by atoms with Crippen LogP contribution in [-0.4, -0.2) is 24.7 Å². The van der Waals surface area contributed by atoms with Crippen LogP contribution in [0.4, 0.5) is 5.95 Å². The lowest BCUT2D eigenvalue weighted by molar-refractivity contribution is 0.852. The Kier molecular flexibility index (Phi) is 2.08. The van der Waals surface area contributed by atoms with E-state index in [1.165, 1.54) is 11.2 Å². The van der Waals surface area contributed by atoms with Crippen molar-refractivity contribution in [1.82, 2.24) is 24.7 Å².